The summed E-state index contributed by atoms with van der Waals surface area (Å²) in [6.45, 7) is 0.361. The van der Waals surface area contributed by atoms with E-state index >= 15 is 0 Å². The molecule has 0 radical (unpaired) electrons. The van der Waals surface area contributed by atoms with E-state index in [1.54, 1.807) is 18.5 Å². The summed E-state index contributed by atoms with van der Waals surface area (Å²) in [5, 5.41) is 0. The second-order valence-electron chi connectivity index (χ2n) is 3.70. The van der Waals surface area contributed by atoms with Crippen molar-refractivity contribution >= 4 is 0 Å². The fourth-order valence-corrected chi connectivity index (χ4v) is 1.75. The summed E-state index contributed by atoms with van der Waals surface area (Å²) in [5.41, 5.74) is 7.92. The third kappa shape index (κ3) is 2.01. The summed E-state index contributed by atoms with van der Waals surface area (Å²) in [4.78, 5) is 4.23. The maximum absolute atomic E-state index is 13.6. The zero-order chi connectivity index (χ0) is 12.4. The van der Waals surface area contributed by atoms with Gasteiger partial charge in [-0.1, -0.05) is 0 Å². The number of aromatic nitrogens is 2. The molecular formula is C12H14FN3O. The van der Waals surface area contributed by atoms with E-state index in [2.05, 4.69) is 4.98 Å². The zero-order valence-electron chi connectivity index (χ0n) is 9.77. The molecule has 0 amide bonds. The topological polar surface area (TPSA) is 53.1 Å². The van der Waals surface area contributed by atoms with E-state index in [1.165, 1.54) is 13.2 Å². The van der Waals surface area contributed by atoms with Crippen LogP contribution >= 0.6 is 0 Å². The summed E-state index contributed by atoms with van der Waals surface area (Å²) in [5.74, 6) is -0.183. The van der Waals surface area contributed by atoms with Crippen molar-refractivity contribution in [3.63, 3.8) is 0 Å². The molecule has 0 aliphatic heterocycles. The number of nitrogens with two attached hydrogens (primary N) is 1. The monoisotopic (exact) mass is 235 g/mol. The molecule has 90 valence electrons. The van der Waals surface area contributed by atoms with Gasteiger partial charge >= 0.3 is 0 Å². The van der Waals surface area contributed by atoms with Crippen molar-refractivity contribution in [3.05, 3.63) is 36.0 Å². The Bertz CT molecular complexity index is 537. The molecule has 0 atom stereocenters. The highest BCUT2D eigenvalue weighted by atomic mass is 19.1. The lowest BCUT2D eigenvalue weighted by atomic mass is 10.1. The number of imidazole rings is 1. The number of aryl methyl sites for hydroxylation is 1. The Balaban J connectivity index is 2.49. The second kappa shape index (κ2) is 4.55. The average Bonchev–Trinajstić information content (AvgIpc) is 2.70. The van der Waals surface area contributed by atoms with Crippen LogP contribution in [0.25, 0.3) is 11.3 Å². The van der Waals surface area contributed by atoms with Crippen molar-refractivity contribution in [2.45, 2.75) is 6.54 Å². The Morgan fingerprint density at radius 3 is 2.82 bits per heavy atom. The van der Waals surface area contributed by atoms with Crippen LogP contribution in [0.5, 0.6) is 5.75 Å². The van der Waals surface area contributed by atoms with Gasteiger partial charge in [0, 0.05) is 19.2 Å². The van der Waals surface area contributed by atoms with Gasteiger partial charge in [-0.2, -0.15) is 0 Å². The van der Waals surface area contributed by atoms with Gasteiger partial charge in [-0.05, 0) is 18.2 Å². The molecule has 1 aromatic heterocycles. The van der Waals surface area contributed by atoms with E-state index in [-0.39, 0.29) is 5.75 Å². The molecule has 5 heteroatoms. The van der Waals surface area contributed by atoms with Crippen LogP contribution in [-0.4, -0.2) is 16.7 Å². The first-order valence-electron chi connectivity index (χ1n) is 5.21. The van der Waals surface area contributed by atoms with Crippen LogP contribution in [0, 0.1) is 5.82 Å². The van der Waals surface area contributed by atoms with Crippen LogP contribution in [-0.2, 0) is 13.6 Å². The molecule has 2 rings (SSSR count). The minimum atomic E-state index is -0.404. The second-order valence-corrected chi connectivity index (χ2v) is 3.70. The van der Waals surface area contributed by atoms with E-state index in [1.807, 2.05) is 11.6 Å². The molecule has 2 aromatic rings. The van der Waals surface area contributed by atoms with E-state index in [4.69, 9.17) is 10.5 Å². The smallest absolute Gasteiger partial charge is 0.165 e. The van der Waals surface area contributed by atoms with Gasteiger partial charge in [0.25, 0.3) is 0 Å². The number of hydrogen-bond donors (Lipinski definition) is 1. The highest BCUT2D eigenvalue weighted by molar-refractivity contribution is 5.63. The van der Waals surface area contributed by atoms with Gasteiger partial charge in [0.1, 0.15) is 0 Å². The Morgan fingerprint density at radius 1 is 1.47 bits per heavy atom. The lowest BCUT2D eigenvalue weighted by Crippen LogP contribution is -2.04. The van der Waals surface area contributed by atoms with Gasteiger partial charge in [0.15, 0.2) is 11.6 Å². The molecular weight excluding hydrogens is 221 g/mol. The van der Waals surface area contributed by atoms with Gasteiger partial charge in [0.2, 0.25) is 0 Å². The predicted molar refractivity (Wildman–Crippen MR) is 63.0 cm³/mol. The van der Waals surface area contributed by atoms with Crippen LogP contribution in [0.3, 0.4) is 0 Å². The van der Waals surface area contributed by atoms with Crippen molar-refractivity contribution in [2.24, 2.45) is 12.8 Å². The zero-order valence-corrected chi connectivity index (χ0v) is 9.77. The molecule has 0 bridgehead atoms. The normalized spacial score (nSPS) is 10.6. The molecule has 0 saturated carbocycles. The molecule has 1 aromatic carbocycles. The Labute approximate surface area is 98.8 Å². The lowest BCUT2D eigenvalue weighted by molar-refractivity contribution is 0.386. The van der Waals surface area contributed by atoms with Crippen molar-refractivity contribution in [3.8, 4) is 17.0 Å². The standard InChI is InChI=1S/C12H14FN3O/c1-16-7-15-12(10(16)6-14)8-3-4-11(17-2)9(13)5-8/h3-5,7H,6,14H2,1-2H3. The van der Waals surface area contributed by atoms with Gasteiger partial charge in [0.05, 0.1) is 24.8 Å². The summed E-state index contributed by atoms with van der Waals surface area (Å²) in [7, 11) is 3.29. The first-order valence-corrected chi connectivity index (χ1v) is 5.21. The predicted octanol–water partition coefficient (Wildman–Crippen LogP) is 1.69. The molecule has 1 heterocycles. The Kier molecular flexibility index (Phi) is 3.10. The number of methoxy groups -OCH3 is 1. The lowest BCUT2D eigenvalue weighted by Gasteiger charge is -2.06. The summed E-state index contributed by atoms with van der Waals surface area (Å²) >= 11 is 0. The molecule has 4 nitrogen and oxygen atoms in total. The van der Waals surface area contributed by atoms with Crippen molar-refractivity contribution < 1.29 is 9.13 Å². The van der Waals surface area contributed by atoms with Gasteiger partial charge < -0.3 is 15.0 Å². The van der Waals surface area contributed by atoms with Crippen LogP contribution in [0.1, 0.15) is 5.69 Å². The number of nitrogens with zero attached hydrogens (tertiary/aromatic N) is 2. The van der Waals surface area contributed by atoms with Gasteiger partial charge in [-0.25, -0.2) is 9.37 Å². The Morgan fingerprint density at radius 2 is 2.24 bits per heavy atom. The van der Waals surface area contributed by atoms with Gasteiger partial charge in [-0.3, -0.25) is 0 Å². The summed E-state index contributed by atoms with van der Waals surface area (Å²) in [6, 6.07) is 4.75. The molecule has 0 spiro atoms. The van der Waals surface area contributed by atoms with Crippen LogP contribution in [0.4, 0.5) is 4.39 Å². The highest BCUT2D eigenvalue weighted by Gasteiger charge is 2.12. The van der Waals surface area contributed by atoms with Crippen LogP contribution in [0.15, 0.2) is 24.5 Å². The minimum absolute atomic E-state index is 0.221. The van der Waals surface area contributed by atoms with Crippen LogP contribution in [0.2, 0.25) is 0 Å². The maximum atomic E-state index is 13.6. The molecule has 17 heavy (non-hydrogen) atoms. The molecule has 0 aliphatic rings. The van der Waals surface area contributed by atoms with E-state index in [0.29, 0.717) is 17.8 Å². The highest BCUT2D eigenvalue weighted by Crippen LogP contribution is 2.26. The first kappa shape index (κ1) is 11.6. The first-order chi connectivity index (χ1) is 8.17. The largest absolute Gasteiger partial charge is 0.494 e. The summed E-state index contributed by atoms with van der Waals surface area (Å²) < 4.78 is 20.3. The third-order valence-electron chi connectivity index (χ3n) is 2.68. The molecule has 0 fully saturated rings. The number of benzene rings is 1. The van der Waals surface area contributed by atoms with Crippen LogP contribution < -0.4 is 10.5 Å². The van der Waals surface area contributed by atoms with E-state index < -0.39 is 5.82 Å². The molecule has 0 saturated heterocycles. The third-order valence-corrected chi connectivity index (χ3v) is 2.68. The van der Waals surface area contributed by atoms with Gasteiger partial charge in [-0.15, -0.1) is 0 Å². The number of rotatable bonds is 3. The number of halogens is 1. The summed E-state index contributed by atoms with van der Waals surface area (Å²) in [6.07, 6.45) is 1.67. The average molecular weight is 235 g/mol. The SMILES string of the molecule is COc1ccc(-c2ncn(C)c2CN)cc1F. The van der Waals surface area contributed by atoms with E-state index in [0.717, 1.165) is 5.69 Å². The fourth-order valence-electron chi connectivity index (χ4n) is 1.75. The van der Waals surface area contributed by atoms with Crippen molar-refractivity contribution in [1.82, 2.24) is 9.55 Å². The number of ether oxygens (including phenoxy) is 1. The minimum Gasteiger partial charge on any atom is -0.494 e. The molecule has 0 aliphatic carbocycles. The van der Waals surface area contributed by atoms with Crippen molar-refractivity contribution in [2.75, 3.05) is 7.11 Å². The molecule has 2 N–H and O–H groups in total. The maximum Gasteiger partial charge on any atom is 0.165 e. The van der Waals surface area contributed by atoms with Crippen molar-refractivity contribution in [1.29, 1.82) is 0 Å². The Hall–Kier alpha value is -1.88. The fraction of sp³-hybridized carbons (Fsp3) is 0.250. The number of hydrogen-bond acceptors (Lipinski definition) is 3. The quantitative estimate of drug-likeness (QED) is 0.880. The van der Waals surface area contributed by atoms with E-state index in [9.17, 15) is 4.39 Å². The molecule has 0 unspecified atom stereocenters.